The van der Waals surface area contributed by atoms with Crippen LogP contribution in [-0.4, -0.2) is 24.8 Å². The zero-order chi connectivity index (χ0) is 9.26. The molecule has 2 aromatic heterocycles. The van der Waals surface area contributed by atoms with Gasteiger partial charge in [0.15, 0.2) is 5.82 Å². The minimum Gasteiger partial charge on any atom is -0.325 e. The first-order chi connectivity index (χ1) is 6.29. The first-order valence-corrected chi connectivity index (χ1v) is 3.91. The number of hydrogen-bond acceptors (Lipinski definition) is 4. The molecule has 2 heterocycles. The van der Waals surface area contributed by atoms with Gasteiger partial charge in [0, 0.05) is 25.9 Å². The fraction of sp³-hybridized carbons (Fsp3) is 0.286. The topological polar surface area (TPSA) is 74.5 Å². The van der Waals surface area contributed by atoms with Crippen molar-refractivity contribution in [2.75, 3.05) is 0 Å². The van der Waals surface area contributed by atoms with Gasteiger partial charge in [0.05, 0.1) is 11.9 Å². The first-order valence-electron chi connectivity index (χ1n) is 3.91. The number of aromatic nitrogens is 5. The van der Waals surface area contributed by atoms with E-state index in [1.54, 1.807) is 15.6 Å². The van der Waals surface area contributed by atoms with E-state index >= 15 is 0 Å². The Bertz CT molecular complexity index is 401. The Morgan fingerprint density at radius 2 is 2.38 bits per heavy atom. The molecule has 0 unspecified atom stereocenters. The van der Waals surface area contributed by atoms with Crippen molar-refractivity contribution in [2.45, 2.75) is 6.54 Å². The van der Waals surface area contributed by atoms with E-state index in [-0.39, 0.29) is 0 Å². The highest BCUT2D eigenvalue weighted by Crippen LogP contribution is 2.01. The van der Waals surface area contributed by atoms with E-state index < -0.39 is 0 Å². The Labute approximate surface area is 75.0 Å². The van der Waals surface area contributed by atoms with Gasteiger partial charge in [0.1, 0.15) is 0 Å². The summed E-state index contributed by atoms with van der Waals surface area (Å²) in [5.74, 6) is 0.745. The largest absolute Gasteiger partial charge is 0.325 e. The lowest BCUT2D eigenvalue weighted by molar-refractivity contribution is 0.714. The molecule has 0 spiro atoms. The van der Waals surface area contributed by atoms with Crippen LogP contribution >= 0.6 is 0 Å². The van der Waals surface area contributed by atoms with Gasteiger partial charge in [0.25, 0.3) is 0 Å². The summed E-state index contributed by atoms with van der Waals surface area (Å²) in [4.78, 5) is 0. The molecular formula is C7H10N6. The van der Waals surface area contributed by atoms with Gasteiger partial charge in [-0.15, -0.1) is 5.10 Å². The Balaban J connectivity index is 2.35. The van der Waals surface area contributed by atoms with E-state index in [4.69, 9.17) is 5.73 Å². The maximum Gasteiger partial charge on any atom is 0.176 e. The van der Waals surface area contributed by atoms with Crippen molar-refractivity contribution in [3.8, 4) is 5.82 Å². The van der Waals surface area contributed by atoms with Gasteiger partial charge < -0.3 is 5.73 Å². The van der Waals surface area contributed by atoms with E-state index in [0.717, 1.165) is 11.5 Å². The van der Waals surface area contributed by atoms with Crippen molar-refractivity contribution >= 4 is 0 Å². The molecule has 13 heavy (non-hydrogen) atoms. The smallest absolute Gasteiger partial charge is 0.176 e. The Morgan fingerprint density at radius 3 is 2.92 bits per heavy atom. The Kier molecular flexibility index (Phi) is 1.82. The molecule has 2 rings (SSSR count). The second-order valence-electron chi connectivity index (χ2n) is 2.71. The van der Waals surface area contributed by atoms with Crippen molar-refractivity contribution in [1.82, 2.24) is 24.8 Å². The van der Waals surface area contributed by atoms with Crippen LogP contribution in [0.2, 0.25) is 0 Å². The predicted molar refractivity (Wildman–Crippen MR) is 46.0 cm³/mol. The van der Waals surface area contributed by atoms with E-state index in [2.05, 4.69) is 15.4 Å². The quantitative estimate of drug-likeness (QED) is 0.670. The third-order valence-electron chi connectivity index (χ3n) is 1.68. The summed E-state index contributed by atoms with van der Waals surface area (Å²) in [6, 6.07) is 1.86. The third kappa shape index (κ3) is 1.43. The summed E-state index contributed by atoms with van der Waals surface area (Å²) >= 11 is 0. The number of aryl methyl sites for hydroxylation is 1. The van der Waals surface area contributed by atoms with Crippen LogP contribution in [-0.2, 0) is 13.6 Å². The lowest BCUT2D eigenvalue weighted by Gasteiger charge is -1.90. The number of hydrogen-bond donors (Lipinski definition) is 1. The molecular weight excluding hydrogens is 168 g/mol. The fourth-order valence-electron chi connectivity index (χ4n) is 1.03. The zero-order valence-electron chi connectivity index (χ0n) is 7.25. The maximum atomic E-state index is 5.40. The summed E-state index contributed by atoms with van der Waals surface area (Å²) < 4.78 is 3.31. The molecule has 0 aliphatic rings. The lowest BCUT2D eigenvalue weighted by atomic mass is 10.5. The molecule has 6 nitrogen and oxygen atoms in total. The summed E-state index contributed by atoms with van der Waals surface area (Å²) in [5, 5.41) is 11.9. The molecule has 2 N–H and O–H groups in total. The average Bonchev–Trinajstić information content (AvgIpc) is 2.71. The fourth-order valence-corrected chi connectivity index (χ4v) is 1.03. The van der Waals surface area contributed by atoms with E-state index in [1.807, 2.05) is 19.3 Å². The summed E-state index contributed by atoms with van der Waals surface area (Å²) in [5.41, 5.74) is 6.16. The van der Waals surface area contributed by atoms with Crippen LogP contribution in [0.3, 0.4) is 0 Å². The van der Waals surface area contributed by atoms with Crippen LogP contribution < -0.4 is 5.73 Å². The second kappa shape index (κ2) is 2.98. The Hall–Kier alpha value is -1.69. The van der Waals surface area contributed by atoms with Gasteiger partial charge in [-0.05, 0) is 0 Å². The third-order valence-corrected chi connectivity index (χ3v) is 1.68. The molecule has 0 aliphatic carbocycles. The van der Waals surface area contributed by atoms with Crippen molar-refractivity contribution in [1.29, 1.82) is 0 Å². The van der Waals surface area contributed by atoms with Crippen LogP contribution in [0.1, 0.15) is 5.69 Å². The molecule has 0 aromatic carbocycles. The van der Waals surface area contributed by atoms with Crippen LogP contribution in [0, 0.1) is 0 Å². The lowest BCUT2D eigenvalue weighted by Crippen LogP contribution is -1.97. The van der Waals surface area contributed by atoms with Crippen LogP contribution in [0.4, 0.5) is 0 Å². The van der Waals surface area contributed by atoms with Crippen LogP contribution in [0.15, 0.2) is 18.5 Å². The molecule has 0 radical (unpaired) electrons. The highest BCUT2D eigenvalue weighted by Gasteiger charge is 2.02. The summed E-state index contributed by atoms with van der Waals surface area (Å²) in [6.45, 7) is 0.396. The molecule has 0 bridgehead atoms. The van der Waals surface area contributed by atoms with Gasteiger partial charge in [0.2, 0.25) is 0 Å². The number of rotatable bonds is 2. The summed E-state index contributed by atoms with van der Waals surface area (Å²) in [6.07, 6.45) is 3.61. The van der Waals surface area contributed by atoms with Crippen molar-refractivity contribution in [3.05, 3.63) is 24.2 Å². The highest BCUT2D eigenvalue weighted by atomic mass is 15.5. The predicted octanol–water partition coefficient (Wildman–Crippen LogP) is -0.541. The van der Waals surface area contributed by atoms with E-state index in [9.17, 15) is 0 Å². The van der Waals surface area contributed by atoms with Crippen LogP contribution in [0.25, 0.3) is 5.82 Å². The normalized spacial score (nSPS) is 10.6. The van der Waals surface area contributed by atoms with Gasteiger partial charge in [-0.2, -0.15) is 5.10 Å². The minimum atomic E-state index is 0.396. The number of nitrogens with zero attached hydrogens (tertiary/aromatic N) is 5. The van der Waals surface area contributed by atoms with Crippen molar-refractivity contribution in [3.63, 3.8) is 0 Å². The second-order valence-corrected chi connectivity index (χ2v) is 2.71. The average molecular weight is 178 g/mol. The van der Waals surface area contributed by atoms with Gasteiger partial charge in [-0.25, -0.2) is 4.68 Å². The molecule has 0 fully saturated rings. The van der Waals surface area contributed by atoms with Gasteiger partial charge >= 0.3 is 0 Å². The van der Waals surface area contributed by atoms with E-state index in [0.29, 0.717) is 6.54 Å². The highest BCUT2D eigenvalue weighted by molar-refractivity contribution is 5.18. The molecule has 6 heteroatoms. The van der Waals surface area contributed by atoms with Gasteiger partial charge in [-0.1, -0.05) is 5.21 Å². The Morgan fingerprint density at radius 1 is 1.54 bits per heavy atom. The number of nitrogens with two attached hydrogens (primary N) is 1. The molecule has 0 atom stereocenters. The molecule has 0 aliphatic heterocycles. The van der Waals surface area contributed by atoms with Crippen molar-refractivity contribution < 1.29 is 0 Å². The first kappa shape index (κ1) is 7.93. The molecule has 68 valence electrons. The van der Waals surface area contributed by atoms with Crippen LogP contribution in [0.5, 0.6) is 0 Å². The molecule has 2 aromatic rings. The van der Waals surface area contributed by atoms with Gasteiger partial charge in [-0.3, -0.25) is 4.68 Å². The SMILES string of the molecule is Cn1ccc(-n2cc(CN)nn2)n1. The van der Waals surface area contributed by atoms with Crippen molar-refractivity contribution in [2.24, 2.45) is 12.8 Å². The molecule has 0 amide bonds. The standard InChI is InChI=1S/C7H10N6/c1-12-3-2-7(10-12)13-5-6(4-8)9-11-13/h2-3,5H,4,8H2,1H3. The summed E-state index contributed by atoms with van der Waals surface area (Å²) in [7, 11) is 1.85. The van der Waals surface area contributed by atoms with E-state index in [1.165, 1.54) is 0 Å². The monoisotopic (exact) mass is 178 g/mol. The zero-order valence-corrected chi connectivity index (χ0v) is 7.25. The maximum absolute atomic E-state index is 5.40. The minimum absolute atomic E-state index is 0.396. The molecule has 0 saturated carbocycles. The molecule has 0 saturated heterocycles.